The lowest BCUT2D eigenvalue weighted by Crippen LogP contribution is -2.45. The highest BCUT2D eigenvalue weighted by Crippen LogP contribution is 2.38. The number of fused-ring (bicyclic) bond motifs is 2. The van der Waals surface area contributed by atoms with E-state index in [0.29, 0.717) is 17.2 Å². The first-order valence-corrected chi connectivity index (χ1v) is 6.06. The van der Waals surface area contributed by atoms with Gasteiger partial charge in [-0.2, -0.15) is 0 Å². The molecule has 0 spiro atoms. The molecule has 2 saturated heterocycles. The molecule has 2 aliphatic heterocycles. The van der Waals surface area contributed by atoms with E-state index in [-0.39, 0.29) is 6.10 Å². The van der Waals surface area contributed by atoms with Crippen molar-refractivity contribution in [3.63, 3.8) is 0 Å². The minimum atomic E-state index is -0.147. The van der Waals surface area contributed by atoms with Gasteiger partial charge in [-0.3, -0.25) is 0 Å². The van der Waals surface area contributed by atoms with Crippen LogP contribution < -0.4 is 4.90 Å². The summed E-state index contributed by atoms with van der Waals surface area (Å²) in [7, 11) is 0. The maximum absolute atomic E-state index is 9.72. The summed E-state index contributed by atoms with van der Waals surface area (Å²) < 4.78 is 0. The Kier molecular flexibility index (Phi) is 2.48. The van der Waals surface area contributed by atoms with Crippen molar-refractivity contribution in [2.24, 2.45) is 0 Å². The molecule has 2 fully saturated rings. The summed E-state index contributed by atoms with van der Waals surface area (Å²) in [4.78, 5) is 10.5. The maximum Gasteiger partial charge on any atom is 0.134 e. The zero-order valence-electron chi connectivity index (χ0n) is 8.88. The Morgan fingerprint density at radius 3 is 2.56 bits per heavy atom. The third-order valence-corrected chi connectivity index (χ3v) is 3.80. The highest BCUT2D eigenvalue weighted by molar-refractivity contribution is 6.29. The monoisotopic (exact) mass is 239 g/mol. The molecule has 1 aromatic heterocycles. The van der Waals surface area contributed by atoms with Crippen LogP contribution in [0.3, 0.4) is 0 Å². The zero-order chi connectivity index (χ0) is 11.1. The van der Waals surface area contributed by atoms with Gasteiger partial charge in [0.15, 0.2) is 0 Å². The van der Waals surface area contributed by atoms with Crippen LogP contribution in [0.1, 0.15) is 25.7 Å². The van der Waals surface area contributed by atoms with E-state index in [4.69, 9.17) is 11.6 Å². The molecule has 0 aliphatic carbocycles. The molecule has 1 N–H and O–H groups in total. The van der Waals surface area contributed by atoms with Crippen molar-refractivity contribution in [3.8, 4) is 0 Å². The third kappa shape index (κ3) is 1.66. The molecular weight excluding hydrogens is 226 g/mol. The van der Waals surface area contributed by atoms with Gasteiger partial charge in [-0.1, -0.05) is 11.6 Å². The van der Waals surface area contributed by atoms with E-state index in [0.717, 1.165) is 31.5 Å². The quantitative estimate of drug-likeness (QED) is 0.757. The van der Waals surface area contributed by atoms with Gasteiger partial charge in [0.2, 0.25) is 0 Å². The van der Waals surface area contributed by atoms with Crippen molar-refractivity contribution in [2.75, 3.05) is 4.90 Å². The molecule has 2 atom stereocenters. The normalized spacial score (nSPS) is 33.1. The van der Waals surface area contributed by atoms with Crippen LogP contribution in [-0.4, -0.2) is 33.3 Å². The number of aliphatic hydroxyl groups is 1. The fraction of sp³-hybridized carbons (Fsp3) is 0.636. The summed E-state index contributed by atoms with van der Waals surface area (Å²) >= 11 is 5.88. The van der Waals surface area contributed by atoms with Gasteiger partial charge < -0.3 is 10.0 Å². The molecule has 4 nitrogen and oxygen atoms in total. The van der Waals surface area contributed by atoms with Crippen LogP contribution in [0.2, 0.25) is 5.15 Å². The van der Waals surface area contributed by atoms with Crippen molar-refractivity contribution >= 4 is 17.4 Å². The van der Waals surface area contributed by atoms with E-state index in [1.165, 1.54) is 6.33 Å². The van der Waals surface area contributed by atoms with Crippen molar-refractivity contribution in [2.45, 2.75) is 43.9 Å². The lowest BCUT2D eigenvalue weighted by Gasteiger charge is -2.37. The van der Waals surface area contributed by atoms with Crippen LogP contribution in [0.5, 0.6) is 0 Å². The number of halogens is 1. The predicted octanol–water partition coefficient (Wildman–Crippen LogP) is 1.62. The third-order valence-electron chi connectivity index (χ3n) is 3.59. The Hall–Kier alpha value is -0.870. The number of hydrogen-bond donors (Lipinski definition) is 1. The predicted molar refractivity (Wildman–Crippen MR) is 61.6 cm³/mol. The summed E-state index contributed by atoms with van der Waals surface area (Å²) in [6, 6.07) is 2.64. The summed E-state index contributed by atoms with van der Waals surface area (Å²) in [5.74, 6) is 0.902. The van der Waals surface area contributed by atoms with Crippen LogP contribution in [0, 0.1) is 0 Å². The molecule has 2 unspecified atom stereocenters. The second-order valence-electron chi connectivity index (χ2n) is 4.62. The van der Waals surface area contributed by atoms with Gasteiger partial charge >= 0.3 is 0 Å². The number of piperidine rings is 1. The topological polar surface area (TPSA) is 49.2 Å². The fourth-order valence-electron chi connectivity index (χ4n) is 2.99. The average molecular weight is 240 g/mol. The Bertz CT molecular complexity index is 387. The summed E-state index contributed by atoms with van der Waals surface area (Å²) in [6.45, 7) is 0. The highest BCUT2D eigenvalue weighted by atomic mass is 35.5. The van der Waals surface area contributed by atoms with Crippen LogP contribution >= 0.6 is 11.6 Å². The summed E-state index contributed by atoms with van der Waals surface area (Å²) in [5.41, 5.74) is 0. The molecule has 2 aliphatic rings. The van der Waals surface area contributed by atoms with Crippen LogP contribution in [0.25, 0.3) is 0 Å². The van der Waals surface area contributed by atoms with Crippen molar-refractivity contribution in [3.05, 3.63) is 17.5 Å². The molecule has 0 aromatic carbocycles. The number of hydrogen-bond acceptors (Lipinski definition) is 4. The molecule has 5 heteroatoms. The second kappa shape index (κ2) is 3.86. The smallest absolute Gasteiger partial charge is 0.134 e. The Morgan fingerprint density at radius 1 is 1.25 bits per heavy atom. The SMILES string of the molecule is OC1CC2CCC(C1)N2c1cc(Cl)ncn1. The standard InChI is InChI=1S/C11H14ClN3O/c12-10-5-11(14-6-13-10)15-7-1-2-8(15)4-9(16)3-7/h5-9,16H,1-4H2. The first-order chi connectivity index (χ1) is 7.74. The van der Waals surface area contributed by atoms with E-state index in [9.17, 15) is 5.11 Å². The first-order valence-electron chi connectivity index (χ1n) is 5.68. The largest absolute Gasteiger partial charge is 0.393 e. The molecule has 16 heavy (non-hydrogen) atoms. The van der Waals surface area contributed by atoms with Gasteiger partial charge in [-0.15, -0.1) is 0 Å². The summed E-state index contributed by atoms with van der Waals surface area (Å²) in [5, 5.41) is 10.2. The van der Waals surface area contributed by atoms with E-state index in [1.54, 1.807) is 0 Å². The molecule has 3 heterocycles. The molecule has 0 amide bonds. The first kappa shape index (κ1) is 10.3. The average Bonchev–Trinajstić information content (AvgIpc) is 2.51. The van der Waals surface area contributed by atoms with E-state index < -0.39 is 0 Å². The minimum Gasteiger partial charge on any atom is -0.393 e. The Balaban J connectivity index is 1.91. The van der Waals surface area contributed by atoms with Crippen LogP contribution in [-0.2, 0) is 0 Å². The van der Waals surface area contributed by atoms with Gasteiger partial charge in [0.05, 0.1) is 6.10 Å². The minimum absolute atomic E-state index is 0.147. The Labute approximate surface area is 99.3 Å². The van der Waals surface area contributed by atoms with Crippen molar-refractivity contribution in [1.82, 2.24) is 9.97 Å². The number of rotatable bonds is 1. The van der Waals surface area contributed by atoms with E-state index in [1.807, 2.05) is 6.07 Å². The van der Waals surface area contributed by atoms with E-state index in [2.05, 4.69) is 14.9 Å². The zero-order valence-corrected chi connectivity index (χ0v) is 9.64. The maximum atomic E-state index is 9.72. The number of aromatic nitrogens is 2. The van der Waals surface area contributed by atoms with E-state index >= 15 is 0 Å². The molecule has 86 valence electrons. The Morgan fingerprint density at radius 2 is 1.94 bits per heavy atom. The van der Waals surface area contributed by atoms with Gasteiger partial charge in [0.25, 0.3) is 0 Å². The lowest BCUT2D eigenvalue weighted by molar-refractivity contribution is 0.126. The molecule has 0 radical (unpaired) electrons. The molecule has 3 rings (SSSR count). The lowest BCUT2D eigenvalue weighted by atomic mass is 10.00. The molecule has 0 saturated carbocycles. The second-order valence-corrected chi connectivity index (χ2v) is 5.00. The van der Waals surface area contributed by atoms with Crippen molar-refractivity contribution < 1.29 is 5.11 Å². The van der Waals surface area contributed by atoms with Gasteiger partial charge in [-0.25, -0.2) is 9.97 Å². The number of nitrogens with zero attached hydrogens (tertiary/aromatic N) is 3. The number of aliphatic hydroxyl groups excluding tert-OH is 1. The molecular formula is C11H14ClN3O. The summed E-state index contributed by atoms with van der Waals surface area (Å²) in [6.07, 6.45) is 5.33. The molecule has 2 bridgehead atoms. The van der Waals surface area contributed by atoms with Gasteiger partial charge in [0.1, 0.15) is 17.3 Å². The van der Waals surface area contributed by atoms with Crippen LogP contribution in [0.15, 0.2) is 12.4 Å². The number of anilines is 1. The van der Waals surface area contributed by atoms with Crippen LogP contribution in [0.4, 0.5) is 5.82 Å². The fourth-order valence-corrected chi connectivity index (χ4v) is 3.13. The van der Waals surface area contributed by atoms with Crippen molar-refractivity contribution in [1.29, 1.82) is 0 Å². The molecule has 1 aromatic rings. The van der Waals surface area contributed by atoms with Gasteiger partial charge in [0, 0.05) is 18.2 Å². The van der Waals surface area contributed by atoms with Gasteiger partial charge in [-0.05, 0) is 25.7 Å². The highest BCUT2D eigenvalue weighted by Gasteiger charge is 2.40.